The van der Waals surface area contributed by atoms with Crippen LogP contribution in [0.3, 0.4) is 0 Å². The Bertz CT molecular complexity index is 502. The second-order valence-electron chi connectivity index (χ2n) is 4.10. The lowest BCUT2D eigenvalue weighted by Gasteiger charge is -2.11. The van der Waals surface area contributed by atoms with Crippen LogP contribution in [0.4, 0.5) is 5.82 Å². The summed E-state index contributed by atoms with van der Waals surface area (Å²) in [5, 5.41) is 7.75. The molecule has 2 aromatic heterocycles. The summed E-state index contributed by atoms with van der Waals surface area (Å²) in [6.45, 7) is 3.57. The fraction of sp³-hybridized carbons (Fsp3) is 0.455. The van der Waals surface area contributed by atoms with E-state index in [9.17, 15) is 0 Å². The Hall–Kier alpha value is -1.62. The van der Waals surface area contributed by atoms with Gasteiger partial charge in [0.15, 0.2) is 5.82 Å². The highest BCUT2D eigenvalue weighted by molar-refractivity contribution is 5.68. The topological polar surface area (TPSA) is 51.5 Å². The molecule has 3 rings (SSSR count). The monoisotopic (exact) mass is 218 g/mol. The van der Waals surface area contributed by atoms with Crippen molar-refractivity contribution in [3.8, 4) is 0 Å². The molecule has 1 unspecified atom stereocenters. The van der Waals surface area contributed by atoms with Crippen molar-refractivity contribution >= 4 is 11.3 Å². The molecule has 84 valence electrons. The third-order valence-electron chi connectivity index (χ3n) is 2.78. The van der Waals surface area contributed by atoms with Gasteiger partial charge in [-0.05, 0) is 19.4 Å². The fourth-order valence-electron chi connectivity index (χ4n) is 2.00. The van der Waals surface area contributed by atoms with Crippen LogP contribution in [0.1, 0.15) is 12.1 Å². The van der Waals surface area contributed by atoms with Crippen molar-refractivity contribution in [2.24, 2.45) is 0 Å². The summed E-state index contributed by atoms with van der Waals surface area (Å²) in [5.41, 5.74) is 2.02. The van der Waals surface area contributed by atoms with E-state index >= 15 is 0 Å². The molecule has 1 fully saturated rings. The van der Waals surface area contributed by atoms with Crippen LogP contribution in [-0.4, -0.2) is 33.9 Å². The van der Waals surface area contributed by atoms with Crippen LogP contribution < -0.4 is 5.32 Å². The first-order valence-electron chi connectivity index (χ1n) is 5.48. The molecular formula is C11H14N4O. The Kier molecular flexibility index (Phi) is 2.25. The van der Waals surface area contributed by atoms with E-state index in [0.29, 0.717) is 6.04 Å². The van der Waals surface area contributed by atoms with Crippen LogP contribution in [0.25, 0.3) is 5.52 Å². The first-order chi connectivity index (χ1) is 7.83. The molecule has 0 amide bonds. The predicted molar refractivity (Wildman–Crippen MR) is 60.6 cm³/mol. The second kappa shape index (κ2) is 3.75. The van der Waals surface area contributed by atoms with Gasteiger partial charge in [-0.25, -0.2) is 9.50 Å². The molecule has 1 aliphatic rings. The van der Waals surface area contributed by atoms with Crippen molar-refractivity contribution in [3.63, 3.8) is 0 Å². The van der Waals surface area contributed by atoms with Crippen LogP contribution >= 0.6 is 0 Å². The third kappa shape index (κ3) is 1.63. The Balaban J connectivity index is 1.95. The van der Waals surface area contributed by atoms with Gasteiger partial charge in [0, 0.05) is 19.0 Å². The van der Waals surface area contributed by atoms with E-state index in [1.807, 2.05) is 23.7 Å². The summed E-state index contributed by atoms with van der Waals surface area (Å²) >= 11 is 0. The van der Waals surface area contributed by atoms with E-state index < -0.39 is 0 Å². The summed E-state index contributed by atoms with van der Waals surface area (Å²) in [4.78, 5) is 4.36. The molecule has 1 N–H and O–H groups in total. The lowest BCUT2D eigenvalue weighted by Crippen LogP contribution is -2.20. The maximum atomic E-state index is 5.33. The number of hydrogen-bond acceptors (Lipinski definition) is 4. The Morgan fingerprint density at radius 3 is 3.31 bits per heavy atom. The summed E-state index contributed by atoms with van der Waals surface area (Å²) in [5.74, 6) is 0.888. The van der Waals surface area contributed by atoms with Gasteiger partial charge in [-0.1, -0.05) is 0 Å². The minimum atomic E-state index is 0.369. The number of hydrogen-bond donors (Lipinski definition) is 1. The van der Waals surface area contributed by atoms with Crippen LogP contribution in [0.2, 0.25) is 0 Å². The van der Waals surface area contributed by atoms with Crippen LogP contribution in [-0.2, 0) is 4.74 Å². The molecule has 0 bridgehead atoms. The van der Waals surface area contributed by atoms with Gasteiger partial charge >= 0.3 is 0 Å². The lowest BCUT2D eigenvalue weighted by molar-refractivity contribution is 0.195. The van der Waals surface area contributed by atoms with Crippen LogP contribution in [0.15, 0.2) is 18.5 Å². The number of nitrogens with zero attached hydrogens (tertiary/aromatic N) is 3. The Labute approximate surface area is 93.4 Å². The highest BCUT2D eigenvalue weighted by Gasteiger charge is 2.17. The van der Waals surface area contributed by atoms with Gasteiger partial charge < -0.3 is 10.1 Å². The van der Waals surface area contributed by atoms with E-state index in [-0.39, 0.29) is 0 Å². The van der Waals surface area contributed by atoms with E-state index in [1.54, 1.807) is 6.20 Å². The lowest BCUT2D eigenvalue weighted by atomic mass is 10.2. The molecule has 16 heavy (non-hydrogen) atoms. The third-order valence-corrected chi connectivity index (χ3v) is 2.78. The minimum absolute atomic E-state index is 0.369. The first-order valence-corrected chi connectivity index (χ1v) is 5.48. The summed E-state index contributed by atoms with van der Waals surface area (Å²) < 4.78 is 7.18. The van der Waals surface area contributed by atoms with E-state index in [4.69, 9.17) is 4.74 Å². The Morgan fingerprint density at radius 2 is 2.50 bits per heavy atom. The number of rotatable bonds is 2. The molecule has 5 heteroatoms. The molecular weight excluding hydrogens is 204 g/mol. The van der Waals surface area contributed by atoms with Crippen molar-refractivity contribution in [1.29, 1.82) is 0 Å². The van der Waals surface area contributed by atoms with Gasteiger partial charge in [0.25, 0.3) is 0 Å². The second-order valence-corrected chi connectivity index (χ2v) is 4.10. The minimum Gasteiger partial charge on any atom is -0.379 e. The smallest absolute Gasteiger partial charge is 0.152 e. The average Bonchev–Trinajstić information content (AvgIpc) is 2.86. The van der Waals surface area contributed by atoms with Gasteiger partial charge in [0.2, 0.25) is 0 Å². The normalized spacial score (nSPS) is 20.4. The summed E-state index contributed by atoms with van der Waals surface area (Å²) in [6, 6.07) is 2.40. The van der Waals surface area contributed by atoms with Crippen molar-refractivity contribution < 1.29 is 4.74 Å². The molecule has 0 aromatic carbocycles. The Morgan fingerprint density at radius 1 is 1.56 bits per heavy atom. The summed E-state index contributed by atoms with van der Waals surface area (Å²) in [7, 11) is 0. The van der Waals surface area contributed by atoms with Crippen LogP contribution in [0, 0.1) is 6.92 Å². The standard InChI is InChI=1S/C11H14N4O/c1-8-6-10-11(12-3-4-15(10)14-8)13-9-2-5-16-7-9/h3-4,6,9H,2,5,7H2,1H3,(H,12,13). The van der Waals surface area contributed by atoms with E-state index in [2.05, 4.69) is 15.4 Å². The maximum Gasteiger partial charge on any atom is 0.152 e. The largest absolute Gasteiger partial charge is 0.379 e. The molecule has 0 saturated carbocycles. The molecule has 1 saturated heterocycles. The number of nitrogens with one attached hydrogen (secondary N) is 1. The zero-order valence-electron chi connectivity index (χ0n) is 9.18. The van der Waals surface area contributed by atoms with Crippen molar-refractivity contribution in [2.75, 3.05) is 18.5 Å². The van der Waals surface area contributed by atoms with Gasteiger partial charge in [0.1, 0.15) is 5.52 Å². The number of aryl methyl sites for hydroxylation is 1. The molecule has 1 aliphatic heterocycles. The molecule has 2 aromatic rings. The van der Waals surface area contributed by atoms with Crippen molar-refractivity contribution in [2.45, 2.75) is 19.4 Å². The molecule has 0 radical (unpaired) electrons. The highest BCUT2D eigenvalue weighted by Crippen LogP contribution is 2.17. The number of ether oxygens (including phenoxy) is 1. The quantitative estimate of drug-likeness (QED) is 0.824. The molecule has 5 nitrogen and oxygen atoms in total. The zero-order chi connectivity index (χ0) is 11.0. The SMILES string of the molecule is Cc1cc2c(NC3CCOC3)nccn2n1. The number of anilines is 1. The van der Waals surface area contributed by atoms with Gasteiger partial charge in [-0.2, -0.15) is 5.10 Å². The van der Waals surface area contributed by atoms with Gasteiger partial charge in [0.05, 0.1) is 18.3 Å². The van der Waals surface area contributed by atoms with Crippen molar-refractivity contribution in [3.05, 3.63) is 24.2 Å². The number of fused-ring (bicyclic) bond motifs is 1. The van der Waals surface area contributed by atoms with Crippen LogP contribution in [0.5, 0.6) is 0 Å². The molecule has 1 atom stereocenters. The zero-order valence-corrected chi connectivity index (χ0v) is 9.18. The highest BCUT2D eigenvalue weighted by atomic mass is 16.5. The van der Waals surface area contributed by atoms with Gasteiger partial charge in [-0.3, -0.25) is 0 Å². The van der Waals surface area contributed by atoms with Crippen molar-refractivity contribution in [1.82, 2.24) is 14.6 Å². The molecule has 3 heterocycles. The number of aromatic nitrogens is 3. The average molecular weight is 218 g/mol. The van der Waals surface area contributed by atoms with E-state index in [1.165, 1.54) is 0 Å². The predicted octanol–water partition coefficient (Wildman–Crippen LogP) is 1.24. The fourth-order valence-corrected chi connectivity index (χ4v) is 2.00. The first kappa shape index (κ1) is 9.59. The molecule has 0 aliphatic carbocycles. The van der Waals surface area contributed by atoms with Gasteiger partial charge in [-0.15, -0.1) is 0 Å². The summed E-state index contributed by atoms with van der Waals surface area (Å²) in [6.07, 6.45) is 4.66. The maximum absolute atomic E-state index is 5.33. The molecule has 0 spiro atoms. The van der Waals surface area contributed by atoms with E-state index in [0.717, 1.165) is 36.7 Å².